The van der Waals surface area contributed by atoms with Crippen LogP contribution in [0.1, 0.15) is 53.6 Å². The normalized spacial score (nSPS) is 18.6. The highest BCUT2D eigenvalue weighted by atomic mass is 35.5. The van der Waals surface area contributed by atoms with E-state index in [0.717, 1.165) is 30.4 Å². The van der Waals surface area contributed by atoms with Gasteiger partial charge in [-0.1, -0.05) is 17.9 Å². The molecule has 0 radical (unpaired) electrons. The van der Waals surface area contributed by atoms with Gasteiger partial charge in [-0.25, -0.2) is 0 Å². The van der Waals surface area contributed by atoms with Crippen molar-refractivity contribution in [3.05, 3.63) is 34.9 Å². The number of fused-ring (bicyclic) bond motifs is 1. The van der Waals surface area contributed by atoms with Crippen LogP contribution in [-0.4, -0.2) is 35.2 Å². The number of amides is 3. The number of hydrogen-bond donors (Lipinski definition) is 2. The minimum Gasteiger partial charge on any atom is -0.330 e. The maximum atomic E-state index is 12.7. The lowest BCUT2D eigenvalue weighted by Gasteiger charge is -2.29. The minimum absolute atomic E-state index is 0. The van der Waals surface area contributed by atoms with Crippen LogP contribution in [0.4, 0.5) is 0 Å². The van der Waals surface area contributed by atoms with Gasteiger partial charge in [-0.2, -0.15) is 0 Å². The molecule has 0 aliphatic carbocycles. The van der Waals surface area contributed by atoms with E-state index in [1.165, 1.54) is 0 Å². The minimum atomic E-state index is -0.594. The SMILES string of the molecule is Cl.NCCCCC#Cc1cccc2c1CN(C1CCC(=O)NC1=O)C2=O. The zero-order chi connectivity index (χ0) is 17.8. The molecule has 1 fully saturated rings. The maximum absolute atomic E-state index is 12.7. The molecule has 138 valence electrons. The highest BCUT2D eigenvalue weighted by Crippen LogP contribution is 2.29. The van der Waals surface area contributed by atoms with E-state index >= 15 is 0 Å². The number of nitrogens with two attached hydrogens (primary N) is 1. The van der Waals surface area contributed by atoms with E-state index in [1.54, 1.807) is 11.0 Å². The van der Waals surface area contributed by atoms with Crippen molar-refractivity contribution in [1.29, 1.82) is 0 Å². The Labute approximate surface area is 158 Å². The van der Waals surface area contributed by atoms with Crippen molar-refractivity contribution < 1.29 is 14.4 Å². The number of unbranched alkanes of at least 4 members (excludes halogenated alkanes) is 2. The number of imide groups is 1. The van der Waals surface area contributed by atoms with Crippen LogP contribution in [0.25, 0.3) is 0 Å². The summed E-state index contributed by atoms with van der Waals surface area (Å²) in [6, 6.07) is 4.89. The van der Waals surface area contributed by atoms with Gasteiger partial charge < -0.3 is 10.6 Å². The van der Waals surface area contributed by atoms with Gasteiger partial charge in [0, 0.05) is 30.5 Å². The molecule has 3 amide bonds. The van der Waals surface area contributed by atoms with E-state index in [-0.39, 0.29) is 30.6 Å². The molecule has 6 nitrogen and oxygen atoms in total. The number of halogens is 1. The summed E-state index contributed by atoms with van der Waals surface area (Å²) in [6.45, 7) is 1.02. The molecule has 0 aromatic heterocycles. The second-order valence-electron chi connectivity index (χ2n) is 6.28. The molecule has 2 aliphatic rings. The summed E-state index contributed by atoms with van der Waals surface area (Å²) in [5, 5.41) is 2.31. The second kappa shape index (κ2) is 8.84. The summed E-state index contributed by atoms with van der Waals surface area (Å²) < 4.78 is 0. The third kappa shape index (κ3) is 4.06. The molecular weight excluding hydrogens is 354 g/mol. The van der Waals surface area contributed by atoms with Gasteiger partial charge in [-0.15, -0.1) is 12.4 Å². The fraction of sp³-hybridized carbons (Fsp3) is 0.421. The molecule has 1 unspecified atom stereocenters. The van der Waals surface area contributed by atoms with Crippen LogP contribution in [0.3, 0.4) is 0 Å². The Bertz CT molecular complexity index is 782. The first-order chi connectivity index (χ1) is 12.1. The third-order valence-electron chi connectivity index (χ3n) is 4.56. The molecule has 0 saturated carbocycles. The molecule has 1 atom stereocenters. The number of rotatable bonds is 4. The van der Waals surface area contributed by atoms with Gasteiger partial charge in [0.2, 0.25) is 11.8 Å². The van der Waals surface area contributed by atoms with Crippen LogP contribution in [0.2, 0.25) is 0 Å². The Morgan fingerprint density at radius 3 is 2.77 bits per heavy atom. The van der Waals surface area contributed by atoms with E-state index < -0.39 is 11.9 Å². The number of piperidine rings is 1. The predicted octanol–water partition coefficient (Wildman–Crippen LogP) is 1.35. The molecule has 0 bridgehead atoms. The van der Waals surface area contributed by atoms with Crippen molar-refractivity contribution in [3.63, 3.8) is 0 Å². The molecule has 1 aromatic carbocycles. The molecule has 7 heteroatoms. The van der Waals surface area contributed by atoms with E-state index in [4.69, 9.17) is 5.73 Å². The van der Waals surface area contributed by atoms with E-state index in [2.05, 4.69) is 17.2 Å². The number of nitrogens with zero attached hydrogens (tertiary/aromatic N) is 1. The number of benzene rings is 1. The summed E-state index contributed by atoms with van der Waals surface area (Å²) >= 11 is 0. The topological polar surface area (TPSA) is 92.5 Å². The van der Waals surface area contributed by atoms with Crippen molar-refractivity contribution in [3.8, 4) is 11.8 Å². The average molecular weight is 376 g/mol. The van der Waals surface area contributed by atoms with Gasteiger partial charge in [0.05, 0.1) is 0 Å². The Morgan fingerprint density at radius 1 is 1.23 bits per heavy atom. The summed E-state index contributed by atoms with van der Waals surface area (Å²) in [7, 11) is 0. The van der Waals surface area contributed by atoms with Gasteiger partial charge in [-0.3, -0.25) is 19.7 Å². The predicted molar refractivity (Wildman–Crippen MR) is 99.5 cm³/mol. The van der Waals surface area contributed by atoms with Gasteiger partial charge in [0.1, 0.15) is 6.04 Å². The highest BCUT2D eigenvalue weighted by molar-refractivity contribution is 6.05. The smallest absolute Gasteiger partial charge is 0.255 e. The van der Waals surface area contributed by atoms with Crippen LogP contribution in [0.15, 0.2) is 18.2 Å². The lowest BCUT2D eigenvalue weighted by atomic mass is 10.0. The van der Waals surface area contributed by atoms with Crippen molar-refractivity contribution in [2.45, 2.75) is 44.7 Å². The Kier molecular flexibility index (Phi) is 6.78. The van der Waals surface area contributed by atoms with Gasteiger partial charge >= 0.3 is 0 Å². The zero-order valence-corrected chi connectivity index (χ0v) is 15.2. The Morgan fingerprint density at radius 2 is 2.04 bits per heavy atom. The zero-order valence-electron chi connectivity index (χ0n) is 14.4. The molecule has 1 saturated heterocycles. The monoisotopic (exact) mass is 375 g/mol. The van der Waals surface area contributed by atoms with Crippen molar-refractivity contribution >= 4 is 30.1 Å². The highest BCUT2D eigenvalue weighted by Gasteiger charge is 2.39. The molecule has 2 heterocycles. The standard InChI is InChI=1S/C19H21N3O3.ClH/c20-11-4-2-1-3-6-13-7-5-8-14-15(13)12-22(19(14)25)16-9-10-17(23)21-18(16)24;/h5,7-8,16H,1-2,4,9-12,20H2,(H,21,23,24);1H. The van der Waals surface area contributed by atoms with Crippen LogP contribution >= 0.6 is 12.4 Å². The summed E-state index contributed by atoms with van der Waals surface area (Å²) in [6.07, 6.45) is 3.30. The summed E-state index contributed by atoms with van der Waals surface area (Å²) in [4.78, 5) is 37.6. The molecule has 1 aromatic rings. The average Bonchev–Trinajstić information content (AvgIpc) is 2.92. The molecule has 3 rings (SSSR count). The molecule has 2 aliphatic heterocycles. The quantitative estimate of drug-likeness (QED) is 0.472. The van der Waals surface area contributed by atoms with Crippen molar-refractivity contribution in [2.75, 3.05) is 6.54 Å². The Hall–Kier alpha value is -2.36. The molecule has 3 N–H and O–H groups in total. The number of carbonyl (C=O) groups excluding carboxylic acids is 3. The first-order valence-corrected chi connectivity index (χ1v) is 8.57. The second-order valence-corrected chi connectivity index (χ2v) is 6.28. The number of nitrogens with one attached hydrogen (secondary N) is 1. The van der Waals surface area contributed by atoms with E-state index in [9.17, 15) is 14.4 Å². The number of hydrogen-bond acceptors (Lipinski definition) is 4. The van der Waals surface area contributed by atoms with Crippen LogP contribution in [-0.2, 0) is 16.1 Å². The lowest BCUT2D eigenvalue weighted by molar-refractivity contribution is -0.136. The Balaban J connectivity index is 0.00000243. The lowest BCUT2D eigenvalue weighted by Crippen LogP contribution is -2.52. The van der Waals surface area contributed by atoms with Crippen molar-refractivity contribution in [2.24, 2.45) is 5.73 Å². The molecule has 26 heavy (non-hydrogen) atoms. The maximum Gasteiger partial charge on any atom is 0.255 e. The third-order valence-corrected chi connectivity index (χ3v) is 4.56. The largest absolute Gasteiger partial charge is 0.330 e. The fourth-order valence-corrected chi connectivity index (χ4v) is 3.22. The summed E-state index contributed by atoms with van der Waals surface area (Å²) in [5.74, 6) is 5.42. The van der Waals surface area contributed by atoms with Gasteiger partial charge in [0.25, 0.3) is 5.91 Å². The van der Waals surface area contributed by atoms with Crippen LogP contribution < -0.4 is 11.1 Å². The van der Waals surface area contributed by atoms with Crippen molar-refractivity contribution in [1.82, 2.24) is 10.2 Å². The first-order valence-electron chi connectivity index (χ1n) is 8.57. The molecule has 0 spiro atoms. The van der Waals surface area contributed by atoms with E-state index in [1.807, 2.05) is 12.1 Å². The van der Waals surface area contributed by atoms with Gasteiger partial charge in [0.15, 0.2) is 0 Å². The number of carbonyl (C=O) groups is 3. The van der Waals surface area contributed by atoms with E-state index in [0.29, 0.717) is 25.1 Å². The van der Waals surface area contributed by atoms with Crippen LogP contribution in [0, 0.1) is 11.8 Å². The molecular formula is C19H22ClN3O3. The van der Waals surface area contributed by atoms with Gasteiger partial charge in [-0.05, 0) is 43.5 Å². The fourth-order valence-electron chi connectivity index (χ4n) is 3.22. The first kappa shape index (κ1) is 20.0. The van der Waals surface area contributed by atoms with Crippen LogP contribution in [0.5, 0.6) is 0 Å². The summed E-state index contributed by atoms with van der Waals surface area (Å²) in [5.41, 5.74) is 7.76.